The van der Waals surface area contributed by atoms with Gasteiger partial charge in [-0.2, -0.15) is 0 Å². The first-order valence-corrected chi connectivity index (χ1v) is 6.30. The van der Waals surface area contributed by atoms with Crippen LogP contribution in [0.4, 0.5) is 0 Å². The lowest BCUT2D eigenvalue weighted by Gasteiger charge is -2.07. The summed E-state index contributed by atoms with van der Waals surface area (Å²) in [6.07, 6.45) is 0.227. The van der Waals surface area contributed by atoms with E-state index in [0.29, 0.717) is 20.8 Å². The number of ether oxygens (including phenoxy) is 1. The van der Waals surface area contributed by atoms with E-state index in [9.17, 15) is 4.79 Å². The lowest BCUT2D eigenvalue weighted by molar-refractivity contribution is -0.121. The molecule has 1 rings (SSSR count). The highest BCUT2D eigenvalue weighted by Crippen LogP contribution is 2.26. The molecule has 6 heteroatoms. The van der Waals surface area contributed by atoms with Gasteiger partial charge >= 0.3 is 0 Å². The van der Waals surface area contributed by atoms with Gasteiger partial charge in [-0.1, -0.05) is 41.4 Å². The summed E-state index contributed by atoms with van der Waals surface area (Å²) < 4.78 is 5.36. The second kappa shape index (κ2) is 7.52. The summed E-state index contributed by atoms with van der Waals surface area (Å²) in [5, 5.41) is 3.85. The van der Waals surface area contributed by atoms with Crippen molar-refractivity contribution >= 4 is 40.7 Å². The molecule has 0 heterocycles. The molecule has 98 valence electrons. The van der Waals surface area contributed by atoms with Crippen molar-refractivity contribution in [2.24, 2.45) is 0 Å². The number of hydrogen-bond acceptors (Lipinski definition) is 2. The molecule has 0 saturated heterocycles. The third-order valence-corrected chi connectivity index (χ3v) is 2.84. The Balaban J connectivity index is 2.30. The first-order chi connectivity index (χ1) is 8.49. The average molecular weight is 309 g/mol. The molecular formula is C12H12Cl3NO2. The minimum absolute atomic E-state index is 0.156. The highest BCUT2D eigenvalue weighted by Gasteiger charge is 2.03. The summed E-state index contributed by atoms with van der Waals surface area (Å²) in [5.74, 6) is 0.413. The average Bonchev–Trinajstić information content (AvgIpc) is 2.31. The van der Waals surface area contributed by atoms with Crippen LogP contribution in [0.5, 0.6) is 5.75 Å². The van der Waals surface area contributed by atoms with Crippen LogP contribution in [0.1, 0.15) is 6.42 Å². The predicted molar refractivity (Wildman–Crippen MR) is 74.6 cm³/mol. The van der Waals surface area contributed by atoms with Crippen LogP contribution < -0.4 is 10.1 Å². The quantitative estimate of drug-likeness (QED) is 0.871. The molecule has 0 aliphatic carbocycles. The van der Waals surface area contributed by atoms with E-state index in [1.807, 2.05) is 0 Å². The van der Waals surface area contributed by atoms with Gasteiger partial charge in [-0.3, -0.25) is 4.79 Å². The van der Waals surface area contributed by atoms with Crippen molar-refractivity contribution in [3.63, 3.8) is 0 Å². The van der Waals surface area contributed by atoms with Crippen LogP contribution in [0.3, 0.4) is 0 Å². The largest absolute Gasteiger partial charge is 0.493 e. The highest BCUT2D eigenvalue weighted by atomic mass is 35.5. The number of nitrogens with one attached hydrogen (secondary N) is 1. The molecule has 0 fully saturated rings. The van der Waals surface area contributed by atoms with Gasteiger partial charge in [0, 0.05) is 11.1 Å². The fraction of sp³-hybridized carbons (Fsp3) is 0.250. The topological polar surface area (TPSA) is 38.3 Å². The van der Waals surface area contributed by atoms with Crippen molar-refractivity contribution in [1.29, 1.82) is 0 Å². The lowest BCUT2D eigenvalue weighted by atomic mass is 10.3. The van der Waals surface area contributed by atoms with Gasteiger partial charge in [0.1, 0.15) is 5.75 Å². The molecule has 18 heavy (non-hydrogen) atoms. The molecule has 1 aromatic carbocycles. The van der Waals surface area contributed by atoms with Gasteiger partial charge in [0.25, 0.3) is 0 Å². The van der Waals surface area contributed by atoms with E-state index in [1.165, 1.54) is 0 Å². The van der Waals surface area contributed by atoms with E-state index in [2.05, 4.69) is 11.9 Å². The molecule has 0 atom stereocenters. The Morgan fingerprint density at radius 1 is 1.33 bits per heavy atom. The summed E-state index contributed by atoms with van der Waals surface area (Å²) in [6, 6.07) is 4.92. The number of hydrogen-bond donors (Lipinski definition) is 1. The number of rotatable bonds is 6. The Morgan fingerprint density at radius 3 is 2.67 bits per heavy atom. The van der Waals surface area contributed by atoms with E-state index in [4.69, 9.17) is 39.5 Å². The van der Waals surface area contributed by atoms with Gasteiger partial charge in [-0.25, -0.2) is 0 Å². The van der Waals surface area contributed by atoms with Gasteiger partial charge in [-0.15, -0.1) is 0 Å². The number of amides is 1. The van der Waals surface area contributed by atoms with Crippen LogP contribution >= 0.6 is 34.8 Å². The summed E-state index contributed by atoms with van der Waals surface area (Å²) in [6.45, 7) is 3.97. The molecule has 0 saturated carbocycles. The molecule has 0 aliphatic heterocycles. The van der Waals surface area contributed by atoms with Gasteiger partial charge in [0.15, 0.2) is 0 Å². The van der Waals surface area contributed by atoms with Crippen molar-refractivity contribution in [1.82, 2.24) is 5.32 Å². The molecule has 0 spiro atoms. The maximum Gasteiger partial charge on any atom is 0.223 e. The summed E-state index contributed by atoms with van der Waals surface area (Å²) in [4.78, 5) is 11.3. The first-order valence-electron chi connectivity index (χ1n) is 5.17. The number of carbonyl (C=O) groups is 1. The standard InChI is InChI=1S/C12H12Cl3NO2/c1-8(13)7-16-12(17)4-5-18-9-2-3-10(14)11(15)6-9/h2-3,6H,1,4-5,7H2,(H,16,17). The second-order valence-electron chi connectivity index (χ2n) is 3.47. The van der Waals surface area contributed by atoms with Crippen LogP contribution in [0.25, 0.3) is 0 Å². The predicted octanol–water partition coefficient (Wildman–Crippen LogP) is 3.63. The van der Waals surface area contributed by atoms with Crippen molar-refractivity contribution in [3.05, 3.63) is 39.9 Å². The Morgan fingerprint density at radius 2 is 2.06 bits per heavy atom. The fourth-order valence-electron chi connectivity index (χ4n) is 1.11. The third-order valence-electron chi connectivity index (χ3n) is 1.97. The molecule has 0 aliphatic rings. The van der Waals surface area contributed by atoms with Crippen LogP contribution in [-0.2, 0) is 4.79 Å². The Hall–Kier alpha value is -0.900. The van der Waals surface area contributed by atoms with E-state index in [0.717, 1.165) is 0 Å². The molecular weight excluding hydrogens is 296 g/mol. The summed E-state index contributed by atoms with van der Waals surface area (Å²) in [5.41, 5.74) is 0. The van der Waals surface area contributed by atoms with E-state index in [1.54, 1.807) is 18.2 Å². The minimum Gasteiger partial charge on any atom is -0.493 e. The molecule has 1 aromatic rings. The van der Waals surface area contributed by atoms with Crippen LogP contribution in [0.2, 0.25) is 10.0 Å². The van der Waals surface area contributed by atoms with Crippen LogP contribution in [0.15, 0.2) is 29.8 Å². The summed E-state index contributed by atoms with van der Waals surface area (Å²) >= 11 is 17.1. The van der Waals surface area contributed by atoms with Crippen molar-refractivity contribution in [3.8, 4) is 5.75 Å². The van der Waals surface area contributed by atoms with E-state index in [-0.39, 0.29) is 25.5 Å². The molecule has 1 N–H and O–H groups in total. The van der Waals surface area contributed by atoms with Gasteiger partial charge in [-0.05, 0) is 12.1 Å². The first kappa shape index (κ1) is 15.2. The number of carbonyl (C=O) groups excluding carboxylic acids is 1. The zero-order valence-electron chi connectivity index (χ0n) is 9.51. The second-order valence-corrected chi connectivity index (χ2v) is 4.82. The maximum atomic E-state index is 11.3. The molecule has 1 amide bonds. The molecule has 0 radical (unpaired) electrons. The van der Waals surface area contributed by atoms with Gasteiger partial charge in [0.05, 0.1) is 29.6 Å². The Bertz CT molecular complexity index is 449. The Labute approximate surface area is 121 Å². The minimum atomic E-state index is -0.156. The summed E-state index contributed by atoms with van der Waals surface area (Å²) in [7, 11) is 0. The van der Waals surface area contributed by atoms with Gasteiger partial charge in [0.2, 0.25) is 5.91 Å². The van der Waals surface area contributed by atoms with Crippen LogP contribution in [0, 0.1) is 0 Å². The highest BCUT2D eigenvalue weighted by molar-refractivity contribution is 6.42. The number of benzene rings is 1. The van der Waals surface area contributed by atoms with Crippen molar-refractivity contribution in [2.75, 3.05) is 13.2 Å². The van der Waals surface area contributed by atoms with E-state index >= 15 is 0 Å². The monoisotopic (exact) mass is 307 g/mol. The van der Waals surface area contributed by atoms with E-state index < -0.39 is 0 Å². The molecule has 0 unspecified atom stereocenters. The smallest absolute Gasteiger partial charge is 0.223 e. The van der Waals surface area contributed by atoms with Crippen molar-refractivity contribution in [2.45, 2.75) is 6.42 Å². The Kier molecular flexibility index (Phi) is 6.33. The number of halogens is 3. The zero-order valence-corrected chi connectivity index (χ0v) is 11.8. The molecule has 0 aromatic heterocycles. The SMILES string of the molecule is C=C(Cl)CNC(=O)CCOc1ccc(Cl)c(Cl)c1. The van der Waals surface area contributed by atoms with Crippen LogP contribution in [-0.4, -0.2) is 19.1 Å². The normalized spacial score (nSPS) is 9.94. The van der Waals surface area contributed by atoms with Gasteiger partial charge < -0.3 is 10.1 Å². The molecule has 3 nitrogen and oxygen atoms in total. The fourth-order valence-corrected chi connectivity index (χ4v) is 1.47. The van der Waals surface area contributed by atoms with Crippen molar-refractivity contribution < 1.29 is 9.53 Å². The third kappa shape index (κ3) is 5.63. The maximum absolute atomic E-state index is 11.3. The zero-order chi connectivity index (χ0) is 13.5. The molecule has 0 bridgehead atoms. The lowest BCUT2D eigenvalue weighted by Crippen LogP contribution is -2.25.